The van der Waals surface area contributed by atoms with Crippen LogP contribution in [0.3, 0.4) is 0 Å². The van der Waals surface area contributed by atoms with Gasteiger partial charge in [0.2, 0.25) is 0 Å². The molecule has 0 fully saturated rings. The van der Waals surface area contributed by atoms with Crippen molar-refractivity contribution in [1.29, 1.82) is 0 Å². The maximum atomic E-state index is 11.1. The number of carboxylic acid groups (broad SMARTS) is 1. The maximum Gasteiger partial charge on any atom is 0.309 e. The molecule has 94 valence electrons. The zero-order valence-corrected chi connectivity index (χ0v) is 11.5. The lowest BCUT2D eigenvalue weighted by molar-refractivity contribution is -0.146. The van der Waals surface area contributed by atoms with Crippen molar-refractivity contribution < 1.29 is 19.7 Å². The van der Waals surface area contributed by atoms with Crippen LogP contribution in [0.5, 0.6) is 11.5 Å². The highest BCUT2D eigenvalue weighted by atomic mass is 79.9. The molecule has 0 saturated carbocycles. The van der Waals surface area contributed by atoms with Crippen LogP contribution in [0.2, 0.25) is 0 Å². The van der Waals surface area contributed by atoms with E-state index in [-0.39, 0.29) is 5.75 Å². The largest absolute Gasteiger partial charge is 0.504 e. The molecule has 2 N–H and O–H groups in total. The lowest BCUT2D eigenvalue weighted by atomic mass is 9.86. The van der Waals surface area contributed by atoms with Crippen LogP contribution >= 0.6 is 15.9 Å². The lowest BCUT2D eigenvalue weighted by Gasteiger charge is -2.20. The molecule has 0 spiro atoms. The molecule has 0 radical (unpaired) electrons. The smallest absolute Gasteiger partial charge is 0.309 e. The fraction of sp³-hybridized carbons (Fsp3) is 0.417. The summed E-state index contributed by atoms with van der Waals surface area (Å²) in [4.78, 5) is 11.1. The van der Waals surface area contributed by atoms with E-state index in [1.807, 2.05) is 0 Å². The highest BCUT2D eigenvalue weighted by Crippen LogP contribution is 2.35. The first-order valence-electron chi connectivity index (χ1n) is 5.06. The summed E-state index contributed by atoms with van der Waals surface area (Å²) in [6, 6.07) is 3.15. The number of ether oxygens (including phenoxy) is 1. The SMILES string of the molecule is COc1cc(CC(C)(C)C(=O)O)c(Br)cc1O. The molecule has 0 aliphatic carbocycles. The lowest BCUT2D eigenvalue weighted by Crippen LogP contribution is -2.26. The van der Waals surface area contributed by atoms with Gasteiger partial charge in [0.1, 0.15) is 0 Å². The van der Waals surface area contributed by atoms with Crippen LogP contribution in [0.15, 0.2) is 16.6 Å². The Kier molecular flexibility index (Phi) is 4.03. The Morgan fingerprint density at radius 3 is 2.53 bits per heavy atom. The van der Waals surface area contributed by atoms with Crippen LogP contribution in [0.25, 0.3) is 0 Å². The molecule has 0 aliphatic rings. The zero-order chi connectivity index (χ0) is 13.2. The molecular formula is C12H15BrO4. The summed E-state index contributed by atoms with van der Waals surface area (Å²) in [5.74, 6) is -0.503. The number of phenols is 1. The predicted octanol–water partition coefficient (Wildman–Crippen LogP) is 2.82. The van der Waals surface area contributed by atoms with Gasteiger partial charge in [0.05, 0.1) is 12.5 Å². The fourth-order valence-electron chi connectivity index (χ4n) is 1.44. The molecular weight excluding hydrogens is 288 g/mol. The number of aliphatic carboxylic acids is 1. The van der Waals surface area contributed by atoms with E-state index < -0.39 is 11.4 Å². The molecule has 0 aromatic heterocycles. The Morgan fingerprint density at radius 2 is 2.06 bits per heavy atom. The maximum absolute atomic E-state index is 11.1. The second kappa shape index (κ2) is 4.96. The Hall–Kier alpha value is -1.23. The number of methoxy groups -OCH3 is 1. The van der Waals surface area contributed by atoms with Gasteiger partial charge >= 0.3 is 5.97 Å². The van der Waals surface area contributed by atoms with E-state index in [2.05, 4.69) is 15.9 Å². The van der Waals surface area contributed by atoms with Gasteiger partial charge in [0.25, 0.3) is 0 Å². The molecule has 0 saturated heterocycles. The molecule has 17 heavy (non-hydrogen) atoms. The first kappa shape index (κ1) is 13.8. The summed E-state index contributed by atoms with van der Waals surface area (Å²) >= 11 is 3.30. The molecule has 4 nitrogen and oxygen atoms in total. The van der Waals surface area contributed by atoms with E-state index in [0.717, 1.165) is 5.56 Å². The Bertz CT molecular complexity index is 440. The van der Waals surface area contributed by atoms with Crippen molar-refractivity contribution in [3.63, 3.8) is 0 Å². The minimum absolute atomic E-state index is 0.0243. The summed E-state index contributed by atoms with van der Waals surface area (Å²) in [7, 11) is 1.45. The van der Waals surface area contributed by atoms with Crippen LogP contribution < -0.4 is 4.74 Å². The first-order chi connectivity index (χ1) is 7.77. The Morgan fingerprint density at radius 1 is 1.47 bits per heavy atom. The average Bonchev–Trinajstić information content (AvgIpc) is 2.21. The van der Waals surface area contributed by atoms with E-state index in [9.17, 15) is 9.90 Å². The highest BCUT2D eigenvalue weighted by Gasteiger charge is 2.28. The number of carbonyl (C=O) groups is 1. The summed E-state index contributed by atoms with van der Waals surface area (Å²) in [6.07, 6.45) is 0.347. The van der Waals surface area contributed by atoms with Gasteiger partial charge in [-0.2, -0.15) is 0 Å². The van der Waals surface area contributed by atoms with Crippen LogP contribution in [0, 0.1) is 5.41 Å². The molecule has 0 amide bonds. The minimum Gasteiger partial charge on any atom is -0.504 e. The third-order valence-corrected chi connectivity index (χ3v) is 3.30. The van der Waals surface area contributed by atoms with Gasteiger partial charge in [0, 0.05) is 4.47 Å². The monoisotopic (exact) mass is 302 g/mol. The van der Waals surface area contributed by atoms with Crippen LogP contribution in [-0.2, 0) is 11.2 Å². The Balaban J connectivity index is 3.11. The van der Waals surface area contributed by atoms with E-state index in [1.54, 1.807) is 19.9 Å². The fourth-order valence-corrected chi connectivity index (χ4v) is 1.91. The molecule has 1 rings (SSSR count). The van der Waals surface area contributed by atoms with Crippen LogP contribution in [-0.4, -0.2) is 23.3 Å². The summed E-state index contributed by atoms with van der Waals surface area (Å²) in [6.45, 7) is 3.31. The number of hydrogen-bond acceptors (Lipinski definition) is 3. The highest BCUT2D eigenvalue weighted by molar-refractivity contribution is 9.10. The number of hydrogen-bond donors (Lipinski definition) is 2. The number of rotatable bonds is 4. The third-order valence-electron chi connectivity index (χ3n) is 2.56. The van der Waals surface area contributed by atoms with Crippen LogP contribution in [0.4, 0.5) is 0 Å². The standard InChI is InChI=1S/C12H15BrO4/c1-12(2,11(15)16)6-7-4-10(17-3)9(14)5-8(7)13/h4-5,14H,6H2,1-3H3,(H,15,16). The molecule has 0 atom stereocenters. The molecule has 0 aliphatic heterocycles. The summed E-state index contributed by atoms with van der Waals surface area (Å²) < 4.78 is 5.67. The molecule has 0 heterocycles. The molecule has 0 bridgehead atoms. The minimum atomic E-state index is -0.871. The van der Waals surface area contributed by atoms with E-state index in [4.69, 9.17) is 9.84 Å². The van der Waals surface area contributed by atoms with Crippen molar-refractivity contribution in [2.75, 3.05) is 7.11 Å². The molecule has 5 heteroatoms. The number of phenolic OH excluding ortho intramolecular Hbond substituents is 1. The quantitative estimate of drug-likeness (QED) is 0.897. The van der Waals surface area contributed by atoms with E-state index in [1.165, 1.54) is 13.2 Å². The van der Waals surface area contributed by atoms with Gasteiger partial charge in [-0.25, -0.2) is 0 Å². The van der Waals surface area contributed by atoms with Gasteiger partial charge in [-0.3, -0.25) is 4.79 Å². The molecule has 0 unspecified atom stereocenters. The summed E-state index contributed by atoms with van der Waals surface area (Å²) in [5.41, 5.74) is -0.0862. The van der Waals surface area contributed by atoms with Gasteiger partial charge in [0.15, 0.2) is 11.5 Å². The van der Waals surface area contributed by atoms with Gasteiger partial charge in [-0.05, 0) is 38.0 Å². The predicted molar refractivity (Wildman–Crippen MR) is 67.5 cm³/mol. The van der Waals surface area contributed by atoms with Gasteiger partial charge < -0.3 is 14.9 Å². The van der Waals surface area contributed by atoms with E-state index in [0.29, 0.717) is 16.6 Å². The first-order valence-corrected chi connectivity index (χ1v) is 5.86. The molecule has 1 aromatic rings. The van der Waals surface area contributed by atoms with Crippen molar-refractivity contribution in [2.24, 2.45) is 5.41 Å². The van der Waals surface area contributed by atoms with Crippen LogP contribution in [0.1, 0.15) is 19.4 Å². The van der Waals surface area contributed by atoms with Crippen molar-refractivity contribution >= 4 is 21.9 Å². The normalized spacial score (nSPS) is 11.3. The van der Waals surface area contributed by atoms with E-state index >= 15 is 0 Å². The molecule has 1 aromatic carbocycles. The van der Waals surface area contributed by atoms with Gasteiger partial charge in [-0.1, -0.05) is 15.9 Å². The van der Waals surface area contributed by atoms with Crippen molar-refractivity contribution in [3.05, 3.63) is 22.2 Å². The number of aromatic hydroxyl groups is 1. The average molecular weight is 303 g/mol. The summed E-state index contributed by atoms with van der Waals surface area (Å²) in [5, 5.41) is 18.6. The topological polar surface area (TPSA) is 66.8 Å². The van der Waals surface area contributed by atoms with Crippen molar-refractivity contribution in [2.45, 2.75) is 20.3 Å². The van der Waals surface area contributed by atoms with Crippen molar-refractivity contribution in [3.8, 4) is 11.5 Å². The second-order valence-corrected chi connectivity index (χ2v) is 5.34. The number of carboxylic acids is 1. The van der Waals surface area contributed by atoms with Gasteiger partial charge in [-0.15, -0.1) is 0 Å². The Labute approximate surface area is 108 Å². The van der Waals surface area contributed by atoms with Crippen molar-refractivity contribution in [1.82, 2.24) is 0 Å². The zero-order valence-electron chi connectivity index (χ0n) is 9.95. The number of halogens is 1. The second-order valence-electron chi connectivity index (χ2n) is 4.48. The third kappa shape index (κ3) is 3.12. The number of benzene rings is 1.